The maximum atomic E-state index is 13.3. The molecule has 0 spiro atoms. The molecule has 1 atom stereocenters. The summed E-state index contributed by atoms with van der Waals surface area (Å²) in [5.41, 5.74) is 5.60. The molecule has 1 aliphatic rings. The molecule has 0 aliphatic carbocycles. The van der Waals surface area contributed by atoms with Crippen molar-refractivity contribution >= 4 is 39.9 Å². The van der Waals surface area contributed by atoms with Gasteiger partial charge in [-0.05, 0) is 12.1 Å². The molecule has 1 aromatic heterocycles. The lowest BCUT2D eigenvalue weighted by Crippen LogP contribution is -2.28. The minimum atomic E-state index is -0.800. The van der Waals surface area contributed by atoms with Gasteiger partial charge in [-0.25, -0.2) is 13.8 Å². The Labute approximate surface area is 150 Å². The Balaban J connectivity index is 1.67. The van der Waals surface area contributed by atoms with Crippen LogP contribution in [-0.4, -0.2) is 29.3 Å². The molecule has 7 nitrogen and oxygen atoms in total. The van der Waals surface area contributed by atoms with E-state index in [1.54, 1.807) is 5.38 Å². The predicted molar refractivity (Wildman–Crippen MR) is 90.5 cm³/mol. The fourth-order valence-electron chi connectivity index (χ4n) is 2.66. The van der Waals surface area contributed by atoms with Gasteiger partial charge in [-0.15, -0.1) is 11.3 Å². The van der Waals surface area contributed by atoms with Gasteiger partial charge in [-0.2, -0.15) is 0 Å². The molecule has 3 rings (SSSR count). The second kappa shape index (κ2) is 7.16. The molecule has 2 heterocycles. The van der Waals surface area contributed by atoms with Crippen molar-refractivity contribution < 1.29 is 23.2 Å². The van der Waals surface area contributed by atoms with E-state index in [0.29, 0.717) is 11.8 Å². The number of amides is 3. The number of anilines is 2. The summed E-state index contributed by atoms with van der Waals surface area (Å²) in [5, 5.41) is 4.47. The zero-order chi connectivity index (χ0) is 18.8. The molecule has 0 saturated carbocycles. The summed E-state index contributed by atoms with van der Waals surface area (Å²) in [6, 6.07) is 2.79. The van der Waals surface area contributed by atoms with Crippen LogP contribution in [0.1, 0.15) is 12.1 Å². The number of halogens is 2. The van der Waals surface area contributed by atoms with Crippen molar-refractivity contribution in [2.75, 3.05) is 16.8 Å². The molecular weight excluding hydrogens is 366 g/mol. The van der Waals surface area contributed by atoms with Crippen molar-refractivity contribution in [2.45, 2.75) is 12.8 Å². The molecule has 1 aromatic carbocycles. The van der Waals surface area contributed by atoms with E-state index < -0.39 is 35.3 Å². The van der Waals surface area contributed by atoms with Gasteiger partial charge in [-0.3, -0.25) is 14.4 Å². The van der Waals surface area contributed by atoms with Crippen LogP contribution in [0, 0.1) is 17.6 Å². The summed E-state index contributed by atoms with van der Waals surface area (Å²) in [7, 11) is 0. The van der Waals surface area contributed by atoms with E-state index in [2.05, 4.69) is 10.3 Å². The van der Waals surface area contributed by atoms with Crippen molar-refractivity contribution in [3.8, 4) is 0 Å². The van der Waals surface area contributed by atoms with Crippen LogP contribution < -0.4 is 16.0 Å². The maximum Gasteiger partial charge on any atom is 0.231 e. The fraction of sp³-hybridized carbons (Fsp3) is 0.250. The van der Waals surface area contributed by atoms with Crippen molar-refractivity contribution in [2.24, 2.45) is 11.7 Å². The van der Waals surface area contributed by atoms with Crippen LogP contribution in [0.4, 0.5) is 19.6 Å². The van der Waals surface area contributed by atoms with Crippen LogP contribution >= 0.6 is 11.3 Å². The highest BCUT2D eigenvalue weighted by Gasteiger charge is 2.35. The standard InChI is InChI=1S/C16H14F2N4O3S/c17-9-2-10(18)4-12(3-9)22-6-8(1-14(22)24)15(25)21-16-20-11(7-26-16)5-13(19)23/h2-4,7-8H,1,5-6H2,(H2,19,23)(H,20,21,25). The quantitative estimate of drug-likeness (QED) is 0.819. The first-order valence-electron chi connectivity index (χ1n) is 7.62. The number of carbonyl (C=O) groups is 3. The molecule has 2 aromatic rings. The summed E-state index contributed by atoms with van der Waals surface area (Å²) < 4.78 is 26.7. The number of hydrogen-bond donors (Lipinski definition) is 2. The summed E-state index contributed by atoms with van der Waals surface area (Å²) >= 11 is 1.13. The van der Waals surface area contributed by atoms with Gasteiger partial charge in [0.2, 0.25) is 17.7 Å². The molecule has 0 radical (unpaired) electrons. The molecule has 26 heavy (non-hydrogen) atoms. The fourth-order valence-corrected chi connectivity index (χ4v) is 3.37. The second-order valence-corrected chi connectivity index (χ2v) is 6.67. The van der Waals surface area contributed by atoms with Crippen molar-refractivity contribution in [1.82, 2.24) is 4.98 Å². The maximum absolute atomic E-state index is 13.3. The van der Waals surface area contributed by atoms with Crippen molar-refractivity contribution in [3.63, 3.8) is 0 Å². The van der Waals surface area contributed by atoms with E-state index in [1.165, 1.54) is 4.90 Å². The Morgan fingerprint density at radius 1 is 1.31 bits per heavy atom. The average Bonchev–Trinajstić information content (AvgIpc) is 3.12. The van der Waals surface area contributed by atoms with Crippen LogP contribution in [0.25, 0.3) is 0 Å². The summed E-state index contributed by atoms with van der Waals surface area (Å²) in [6.45, 7) is 0.00702. The normalized spacial score (nSPS) is 16.8. The smallest absolute Gasteiger partial charge is 0.231 e. The third kappa shape index (κ3) is 4.02. The molecule has 136 valence electrons. The Hall–Kier alpha value is -2.88. The van der Waals surface area contributed by atoms with E-state index in [0.717, 1.165) is 23.5 Å². The van der Waals surface area contributed by atoms with Gasteiger partial charge in [0, 0.05) is 30.1 Å². The zero-order valence-corrected chi connectivity index (χ0v) is 14.2. The molecule has 1 saturated heterocycles. The number of thiazole rings is 1. The van der Waals surface area contributed by atoms with Gasteiger partial charge in [-0.1, -0.05) is 0 Å². The summed E-state index contributed by atoms with van der Waals surface area (Å²) in [5.74, 6) is -3.65. The number of nitrogens with zero attached hydrogens (tertiary/aromatic N) is 2. The van der Waals surface area contributed by atoms with E-state index >= 15 is 0 Å². The first kappa shape index (κ1) is 17.9. The molecule has 3 amide bonds. The molecule has 1 fully saturated rings. The number of nitrogens with two attached hydrogens (primary N) is 1. The average molecular weight is 380 g/mol. The highest BCUT2D eigenvalue weighted by molar-refractivity contribution is 7.13. The number of nitrogens with one attached hydrogen (secondary N) is 1. The number of carbonyl (C=O) groups excluding carboxylic acids is 3. The van der Waals surface area contributed by atoms with Gasteiger partial charge in [0.15, 0.2) is 5.13 Å². The van der Waals surface area contributed by atoms with E-state index in [9.17, 15) is 23.2 Å². The molecule has 10 heteroatoms. The minimum absolute atomic E-state index is 0.00702. The van der Waals surface area contributed by atoms with Crippen LogP contribution in [0.3, 0.4) is 0 Å². The van der Waals surface area contributed by atoms with Gasteiger partial charge in [0.05, 0.1) is 18.0 Å². The lowest BCUT2D eigenvalue weighted by atomic mass is 10.1. The second-order valence-electron chi connectivity index (χ2n) is 5.81. The van der Waals surface area contributed by atoms with E-state index in [-0.39, 0.29) is 30.2 Å². The van der Waals surface area contributed by atoms with Crippen molar-refractivity contribution in [1.29, 1.82) is 0 Å². The Bertz CT molecular complexity index is 866. The SMILES string of the molecule is NC(=O)Cc1csc(NC(=O)C2CC(=O)N(c3cc(F)cc(F)c3)C2)n1. The van der Waals surface area contributed by atoms with Crippen molar-refractivity contribution in [3.05, 3.63) is 40.9 Å². The third-order valence-electron chi connectivity index (χ3n) is 3.79. The topological polar surface area (TPSA) is 105 Å². The minimum Gasteiger partial charge on any atom is -0.369 e. The molecule has 3 N–H and O–H groups in total. The zero-order valence-electron chi connectivity index (χ0n) is 13.4. The molecule has 1 aliphatic heterocycles. The number of rotatable bonds is 5. The Morgan fingerprint density at radius 3 is 2.65 bits per heavy atom. The van der Waals surface area contributed by atoms with E-state index in [1.807, 2.05) is 0 Å². The number of hydrogen-bond acceptors (Lipinski definition) is 5. The van der Waals surface area contributed by atoms with Gasteiger partial charge in [0.25, 0.3) is 0 Å². The third-order valence-corrected chi connectivity index (χ3v) is 4.60. The van der Waals surface area contributed by atoms with Gasteiger partial charge in [0.1, 0.15) is 11.6 Å². The van der Waals surface area contributed by atoms with Crippen LogP contribution in [-0.2, 0) is 20.8 Å². The van der Waals surface area contributed by atoms with Crippen LogP contribution in [0.2, 0.25) is 0 Å². The first-order valence-corrected chi connectivity index (χ1v) is 8.50. The van der Waals surface area contributed by atoms with E-state index in [4.69, 9.17) is 5.73 Å². The van der Waals surface area contributed by atoms with Gasteiger partial charge < -0.3 is 16.0 Å². The first-order chi connectivity index (χ1) is 12.3. The van der Waals surface area contributed by atoms with Crippen LogP contribution in [0.15, 0.2) is 23.6 Å². The molecule has 0 bridgehead atoms. The molecular formula is C16H14F2N4O3S. The number of primary amides is 1. The Kier molecular flexibility index (Phi) is 4.94. The Morgan fingerprint density at radius 2 is 2.00 bits per heavy atom. The van der Waals surface area contributed by atoms with Gasteiger partial charge >= 0.3 is 0 Å². The number of benzene rings is 1. The summed E-state index contributed by atoms with van der Waals surface area (Å²) in [6.07, 6.45) is -0.114. The highest BCUT2D eigenvalue weighted by atomic mass is 32.1. The van der Waals surface area contributed by atoms with Crippen LogP contribution in [0.5, 0.6) is 0 Å². The molecule has 1 unspecified atom stereocenters. The largest absolute Gasteiger partial charge is 0.369 e. The number of aromatic nitrogens is 1. The lowest BCUT2D eigenvalue weighted by Gasteiger charge is -2.16. The summed E-state index contributed by atoms with van der Waals surface area (Å²) in [4.78, 5) is 40.6. The predicted octanol–water partition coefficient (Wildman–Crippen LogP) is 1.44. The highest BCUT2D eigenvalue weighted by Crippen LogP contribution is 2.27. The monoisotopic (exact) mass is 380 g/mol. The lowest BCUT2D eigenvalue weighted by molar-refractivity contribution is -0.122.